The first-order valence-electron chi connectivity index (χ1n) is 4.44. The van der Waals surface area contributed by atoms with Crippen LogP contribution < -0.4 is 10.6 Å². The minimum atomic E-state index is -0.185. The van der Waals surface area contributed by atoms with Gasteiger partial charge in [0.15, 0.2) is 0 Å². The van der Waals surface area contributed by atoms with Gasteiger partial charge in [0.1, 0.15) is 5.02 Å². The van der Waals surface area contributed by atoms with E-state index >= 15 is 0 Å². The van der Waals surface area contributed by atoms with Gasteiger partial charge >= 0.3 is 0 Å². The van der Waals surface area contributed by atoms with Crippen LogP contribution in [0.25, 0.3) is 0 Å². The zero-order valence-electron chi connectivity index (χ0n) is 7.50. The second kappa shape index (κ2) is 3.98. The number of aromatic hydroxyl groups is 1. The molecule has 1 saturated heterocycles. The van der Waals surface area contributed by atoms with Gasteiger partial charge in [0.05, 0.1) is 6.20 Å². The molecule has 2 rings (SSSR count). The molecule has 1 aliphatic heterocycles. The van der Waals surface area contributed by atoms with Gasteiger partial charge in [-0.25, -0.2) is 4.98 Å². The zero-order valence-corrected chi connectivity index (χ0v) is 8.25. The number of anilines is 1. The Kier molecular flexibility index (Phi) is 2.69. The molecule has 0 radical (unpaired) electrons. The summed E-state index contributed by atoms with van der Waals surface area (Å²) in [5.74, 6) is 0.232. The summed E-state index contributed by atoms with van der Waals surface area (Å²) in [6, 6.07) is 0.329. The number of aromatic nitrogens is 2. The zero-order chi connectivity index (χ0) is 9.97. The average molecular weight is 215 g/mol. The average Bonchev–Trinajstić information content (AvgIpc) is 2.64. The van der Waals surface area contributed by atoms with Crippen LogP contribution in [0.15, 0.2) is 6.20 Å². The highest BCUT2D eigenvalue weighted by Gasteiger charge is 2.15. The van der Waals surface area contributed by atoms with Crippen molar-refractivity contribution < 1.29 is 5.11 Å². The highest BCUT2D eigenvalue weighted by atomic mass is 35.5. The van der Waals surface area contributed by atoms with Crippen molar-refractivity contribution in [2.75, 3.05) is 18.4 Å². The van der Waals surface area contributed by atoms with Gasteiger partial charge in [0.25, 0.3) is 0 Å². The standard InChI is InChI=1S/C8H11ClN4O/c9-6-4-11-8(13-7(6)14)12-5-1-2-10-3-5/h4-5,10H,1-3H2,(H2,11,12,13,14)/t5-/m1/s1. The maximum absolute atomic E-state index is 9.24. The molecule has 0 unspecified atom stereocenters. The van der Waals surface area contributed by atoms with Crippen LogP contribution in [-0.4, -0.2) is 34.2 Å². The van der Waals surface area contributed by atoms with Crippen molar-refractivity contribution in [2.24, 2.45) is 0 Å². The summed E-state index contributed by atoms with van der Waals surface area (Å²) in [5.41, 5.74) is 0. The summed E-state index contributed by atoms with van der Waals surface area (Å²) in [4.78, 5) is 7.77. The van der Waals surface area contributed by atoms with E-state index in [1.165, 1.54) is 6.20 Å². The third-order valence-corrected chi connectivity index (χ3v) is 2.39. The highest BCUT2D eigenvalue weighted by molar-refractivity contribution is 6.31. The third-order valence-electron chi connectivity index (χ3n) is 2.12. The Balaban J connectivity index is 2.05. The number of nitrogens with one attached hydrogen (secondary N) is 2. The van der Waals surface area contributed by atoms with Gasteiger partial charge in [0.2, 0.25) is 11.8 Å². The molecule has 0 saturated carbocycles. The Morgan fingerprint density at radius 2 is 2.50 bits per heavy atom. The van der Waals surface area contributed by atoms with Crippen molar-refractivity contribution in [3.05, 3.63) is 11.2 Å². The van der Waals surface area contributed by atoms with Gasteiger partial charge in [-0.2, -0.15) is 4.98 Å². The van der Waals surface area contributed by atoms with Crippen LogP contribution in [0.3, 0.4) is 0 Å². The molecule has 2 heterocycles. The molecular formula is C8H11ClN4O. The molecule has 0 amide bonds. The fourth-order valence-electron chi connectivity index (χ4n) is 1.39. The van der Waals surface area contributed by atoms with Crippen molar-refractivity contribution in [3.8, 4) is 5.88 Å². The van der Waals surface area contributed by atoms with E-state index in [-0.39, 0.29) is 10.9 Å². The maximum Gasteiger partial charge on any atom is 0.235 e. The molecule has 1 fully saturated rings. The Bertz CT molecular complexity index is 327. The lowest BCUT2D eigenvalue weighted by molar-refractivity contribution is 0.453. The largest absolute Gasteiger partial charge is 0.492 e. The Labute approximate surface area is 86.5 Å². The maximum atomic E-state index is 9.24. The second-order valence-electron chi connectivity index (χ2n) is 3.20. The summed E-state index contributed by atoms with van der Waals surface area (Å²) in [6.45, 7) is 1.89. The van der Waals surface area contributed by atoms with E-state index in [0.717, 1.165) is 19.5 Å². The van der Waals surface area contributed by atoms with Crippen LogP contribution in [0.2, 0.25) is 5.02 Å². The van der Waals surface area contributed by atoms with E-state index < -0.39 is 0 Å². The van der Waals surface area contributed by atoms with Crippen LogP contribution in [-0.2, 0) is 0 Å². The predicted octanol–water partition coefficient (Wildman–Crippen LogP) is 0.609. The van der Waals surface area contributed by atoms with Crippen LogP contribution in [0.1, 0.15) is 6.42 Å². The summed E-state index contributed by atoms with van der Waals surface area (Å²) in [5, 5.41) is 15.7. The van der Waals surface area contributed by atoms with Crippen molar-refractivity contribution in [1.29, 1.82) is 0 Å². The van der Waals surface area contributed by atoms with E-state index in [1.807, 2.05) is 0 Å². The third kappa shape index (κ3) is 2.05. The van der Waals surface area contributed by atoms with E-state index in [2.05, 4.69) is 20.6 Å². The van der Waals surface area contributed by atoms with E-state index in [0.29, 0.717) is 12.0 Å². The lowest BCUT2D eigenvalue weighted by Crippen LogP contribution is -2.23. The SMILES string of the molecule is Oc1nc(N[C@@H]2CCNC2)ncc1Cl. The lowest BCUT2D eigenvalue weighted by atomic mass is 10.3. The minimum absolute atomic E-state index is 0.167. The predicted molar refractivity (Wildman–Crippen MR) is 53.6 cm³/mol. The van der Waals surface area contributed by atoms with Gasteiger partial charge in [-0.05, 0) is 13.0 Å². The summed E-state index contributed by atoms with van der Waals surface area (Å²) in [6.07, 6.45) is 2.42. The van der Waals surface area contributed by atoms with Gasteiger partial charge in [-0.3, -0.25) is 0 Å². The molecule has 3 N–H and O–H groups in total. The molecule has 5 nitrogen and oxygen atoms in total. The molecular weight excluding hydrogens is 204 g/mol. The fraction of sp³-hybridized carbons (Fsp3) is 0.500. The Morgan fingerprint density at radius 3 is 3.14 bits per heavy atom. The quantitative estimate of drug-likeness (QED) is 0.673. The smallest absolute Gasteiger partial charge is 0.235 e. The van der Waals surface area contributed by atoms with Crippen molar-refractivity contribution in [3.63, 3.8) is 0 Å². The Morgan fingerprint density at radius 1 is 1.64 bits per heavy atom. The summed E-state index contributed by atoms with van der Waals surface area (Å²) >= 11 is 5.58. The number of nitrogens with zero attached hydrogens (tertiary/aromatic N) is 2. The molecule has 76 valence electrons. The molecule has 1 aromatic rings. The van der Waals surface area contributed by atoms with E-state index in [1.54, 1.807) is 0 Å². The second-order valence-corrected chi connectivity index (χ2v) is 3.61. The van der Waals surface area contributed by atoms with Crippen molar-refractivity contribution in [1.82, 2.24) is 15.3 Å². The minimum Gasteiger partial charge on any atom is -0.492 e. The molecule has 1 aromatic heterocycles. The van der Waals surface area contributed by atoms with Gasteiger partial charge in [0, 0.05) is 12.6 Å². The molecule has 14 heavy (non-hydrogen) atoms. The number of rotatable bonds is 2. The van der Waals surface area contributed by atoms with Crippen LogP contribution in [0.5, 0.6) is 5.88 Å². The number of halogens is 1. The van der Waals surface area contributed by atoms with Crippen LogP contribution >= 0.6 is 11.6 Å². The van der Waals surface area contributed by atoms with Crippen LogP contribution in [0, 0.1) is 0 Å². The molecule has 1 aliphatic rings. The molecule has 0 aromatic carbocycles. The Hall–Kier alpha value is -1.07. The van der Waals surface area contributed by atoms with E-state index in [9.17, 15) is 5.11 Å². The van der Waals surface area contributed by atoms with Gasteiger partial charge in [-0.1, -0.05) is 11.6 Å². The molecule has 0 spiro atoms. The molecule has 6 heteroatoms. The highest BCUT2D eigenvalue weighted by Crippen LogP contribution is 2.20. The first-order valence-corrected chi connectivity index (χ1v) is 4.82. The van der Waals surface area contributed by atoms with E-state index in [4.69, 9.17) is 11.6 Å². The van der Waals surface area contributed by atoms with Crippen molar-refractivity contribution >= 4 is 17.5 Å². The number of hydrogen-bond acceptors (Lipinski definition) is 5. The van der Waals surface area contributed by atoms with Gasteiger partial charge < -0.3 is 15.7 Å². The fourth-order valence-corrected chi connectivity index (χ4v) is 1.48. The first-order chi connectivity index (χ1) is 6.75. The molecule has 1 atom stereocenters. The summed E-state index contributed by atoms with van der Waals surface area (Å²) < 4.78 is 0. The van der Waals surface area contributed by atoms with Crippen molar-refractivity contribution in [2.45, 2.75) is 12.5 Å². The monoisotopic (exact) mass is 214 g/mol. The first kappa shape index (κ1) is 9.48. The normalized spacial score (nSPS) is 21.1. The van der Waals surface area contributed by atoms with Crippen LogP contribution in [0.4, 0.5) is 5.95 Å². The van der Waals surface area contributed by atoms with Gasteiger partial charge in [-0.15, -0.1) is 0 Å². The lowest BCUT2D eigenvalue weighted by Gasteiger charge is -2.10. The number of hydrogen-bond donors (Lipinski definition) is 3. The molecule has 0 aliphatic carbocycles. The summed E-state index contributed by atoms with van der Waals surface area (Å²) in [7, 11) is 0. The molecule has 0 bridgehead atoms. The topological polar surface area (TPSA) is 70.1 Å².